The zero-order valence-electron chi connectivity index (χ0n) is 7.88. The highest BCUT2D eigenvalue weighted by atomic mass is 16.3. The van der Waals surface area contributed by atoms with E-state index in [1.54, 1.807) is 18.3 Å². The van der Waals surface area contributed by atoms with Crippen LogP contribution in [0.1, 0.15) is 11.5 Å². The zero-order valence-corrected chi connectivity index (χ0v) is 7.88. The second-order valence-electron chi connectivity index (χ2n) is 3.14. The molecule has 14 heavy (non-hydrogen) atoms. The standard InChI is InChI=1S/C10H11N3O/c1-13-5-4-11-10(13)6-8-2-3-9(14)7-12-8/h2-5,7,14H,6H2,1H3. The van der Waals surface area contributed by atoms with Crippen molar-refractivity contribution in [3.05, 3.63) is 42.2 Å². The van der Waals surface area contributed by atoms with Gasteiger partial charge in [0.1, 0.15) is 11.6 Å². The summed E-state index contributed by atoms with van der Waals surface area (Å²) in [4.78, 5) is 8.28. The second kappa shape index (κ2) is 3.49. The lowest BCUT2D eigenvalue weighted by atomic mass is 10.2. The maximum absolute atomic E-state index is 9.05. The number of aryl methyl sites for hydroxylation is 1. The van der Waals surface area contributed by atoms with Gasteiger partial charge < -0.3 is 9.67 Å². The van der Waals surface area contributed by atoms with Gasteiger partial charge in [-0.05, 0) is 12.1 Å². The van der Waals surface area contributed by atoms with Crippen molar-refractivity contribution < 1.29 is 5.11 Å². The van der Waals surface area contributed by atoms with Crippen LogP contribution in [0.4, 0.5) is 0 Å². The zero-order chi connectivity index (χ0) is 9.97. The van der Waals surface area contributed by atoms with Gasteiger partial charge in [-0.3, -0.25) is 4.98 Å². The van der Waals surface area contributed by atoms with Gasteiger partial charge in [0.25, 0.3) is 0 Å². The predicted molar refractivity (Wildman–Crippen MR) is 51.9 cm³/mol. The smallest absolute Gasteiger partial charge is 0.133 e. The quantitative estimate of drug-likeness (QED) is 0.770. The van der Waals surface area contributed by atoms with Gasteiger partial charge in [-0.2, -0.15) is 0 Å². The first kappa shape index (κ1) is 8.74. The molecule has 2 heterocycles. The lowest BCUT2D eigenvalue weighted by Gasteiger charge is -2.01. The lowest BCUT2D eigenvalue weighted by molar-refractivity contribution is 0.472. The molecule has 4 heteroatoms. The average molecular weight is 189 g/mol. The highest BCUT2D eigenvalue weighted by molar-refractivity contribution is 5.20. The molecule has 0 spiro atoms. The summed E-state index contributed by atoms with van der Waals surface area (Å²) in [5, 5.41) is 9.05. The molecule has 0 aliphatic rings. The van der Waals surface area contributed by atoms with E-state index in [1.807, 2.05) is 17.8 Å². The summed E-state index contributed by atoms with van der Waals surface area (Å²) in [6.07, 6.45) is 5.79. The molecule has 0 aliphatic carbocycles. The van der Waals surface area contributed by atoms with Crippen molar-refractivity contribution in [2.24, 2.45) is 7.05 Å². The average Bonchev–Trinajstić information content (AvgIpc) is 2.56. The number of nitrogens with zero attached hydrogens (tertiary/aromatic N) is 3. The van der Waals surface area contributed by atoms with Crippen LogP contribution in [0.15, 0.2) is 30.7 Å². The van der Waals surface area contributed by atoms with E-state index < -0.39 is 0 Å². The topological polar surface area (TPSA) is 50.9 Å². The molecule has 0 aromatic carbocycles. The van der Waals surface area contributed by atoms with Gasteiger partial charge in [0.2, 0.25) is 0 Å². The van der Waals surface area contributed by atoms with Crippen LogP contribution >= 0.6 is 0 Å². The van der Waals surface area contributed by atoms with Crippen molar-refractivity contribution in [2.75, 3.05) is 0 Å². The van der Waals surface area contributed by atoms with E-state index >= 15 is 0 Å². The fourth-order valence-electron chi connectivity index (χ4n) is 1.25. The Labute approximate surface area is 81.9 Å². The molecule has 0 bridgehead atoms. The number of pyridine rings is 1. The molecule has 0 aliphatic heterocycles. The highest BCUT2D eigenvalue weighted by Gasteiger charge is 2.01. The molecular formula is C10H11N3O. The first-order valence-corrected chi connectivity index (χ1v) is 4.36. The van der Waals surface area contributed by atoms with Gasteiger partial charge in [0.15, 0.2) is 0 Å². The van der Waals surface area contributed by atoms with Gasteiger partial charge in [0, 0.05) is 31.6 Å². The number of aromatic nitrogens is 3. The third-order valence-corrected chi connectivity index (χ3v) is 2.07. The maximum atomic E-state index is 9.05. The molecule has 72 valence electrons. The molecular weight excluding hydrogens is 178 g/mol. The maximum Gasteiger partial charge on any atom is 0.133 e. The first-order chi connectivity index (χ1) is 6.75. The monoisotopic (exact) mass is 189 g/mol. The van der Waals surface area contributed by atoms with Crippen LogP contribution in [0.2, 0.25) is 0 Å². The van der Waals surface area contributed by atoms with Crippen LogP contribution in [0.25, 0.3) is 0 Å². The minimum Gasteiger partial charge on any atom is -0.506 e. The predicted octanol–water partition coefficient (Wildman–Crippen LogP) is 1.11. The molecule has 1 N–H and O–H groups in total. The van der Waals surface area contributed by atoms with Crippen LogP contribution in [0.5, 0.6) is 5.75 Å². The molecule has 0 fully saturated rings. The van der Waals surface area contributed by atoms with Crippen LogP contribution in [0.3, 0.4) is 0 Å². The summed E-state index contributed by atoms with van der Waals surface area (Å²) in [5.41, 5.74) is 0.900. The molecule has 2 aromatic heterocycles. The Morgan fingerprint density at radius 2 is 2.21 bits per heavy atom. The third kappa shape index (κ3) is 1.74. The van der Waals surface area contributed by atoms with Crippen LogP contribution in [-0.4, -0.2) is 19.6 Å². The molecule has 0 saturated carbocycles. The molecule has 4 nitrogen and oxygen atoms in total. The number of hydrogen-bond acceptors (Lipinski definition) is 3. The van der Waals surface area contributed by atoms with Gasteiger partial charge in [-0.15, -0.1) is 0 Å². The van der Waals surface area contributed by atoms with E-state index in [-0.39, 0.29) is 5.75 Å². The Bertz CT molecular complexity index is 419. The summed E-state index contributed by atoms with van der Waals surface area (Å²) < 4.78 is 1.95. The van der Waals surface area contributed by atoms with E-state index in [2.05, 4.69) is 9.97 Å². The van der Waals surface area contributed by atoms with Crippen LogP contribution in [0, 0.1) is 0 Å². The molecule has 2 rings (SSSR count). The van der Waals surface area contributed by atoms with E-state index in [1.165, 1.54) is 6.20 Å². The summed E-state index contributed by atoms with van der Waals surface area (Å²) in [6, 6.07) is 3.43. The Morgan fingerprint density at radius 1 is 1.36 bits per heavy atom. The number of hydrogen-bond donors (Lipinski definition) is 1. The number of aromatic hydroxyl groups is 1. The highest BCUT2D eigenvalue weighted by Crippen LogP contribution is 2.09. The minimum atomic E-state index is 0.189. The van der Waals surface area contributed by atoms with Crippen molar-refractivity contribution in [2.45, 2.75) is 6.42 Å². The molecule has 0 saturated heterocycles. The second-order valence-corrected chi connectivity index (χ2v) is 3.14. The van der Waals surface area contributed by atoms with Gasteiger partial charge in [-0.1, -0.05) is 0 Å². The van der Waals surface area contributed by atoms with Gasteiger partial charge in [-0.25, -0.2) is 4.98 Å². The molecule has 2 aromatic rings. The van der Waals surface area contributed by atoms with Crippen molar-refractivity contribution in [1.82, 2.24) is 14.5 Å². The molecule has 0 unspecified atom stereocenters. The SMILES string of the molecule is Cn1ccnc1Cc1ccc(O)cn1. The first-order valence-electron chi connectivity index (χ1n) is 4.36. The Kier molecular flexibility index (Phi) is 2.18. The third-order valence-electron chi connectivity index (χ3n) is 2.07. The van der Waals surface area contributed by atoms with Gasteiger partial charge >= 0.3 is 0 Å². The van der Waals surface area contributed by atoms with E-state index in [0.717, 1.165) is 11.5 Å². The largest absolute Gasteiger partial charge is 0.506 e. The lowest BCUT2D eigenvalue weighted by Crippen LogP contribution is -1.99. The number of imidazole rings is 1. The Hall–Kier alpha value is -1.84. The Balaban J connectivity index is 2.19. The summed E-state index contributed by atoms with van der Waals surface area (Å²) in [5.74, 6) is 1.15. The summed E-state index contributed by atoms with van der Waals surface area (Å²) in [6.45, 7) is 0. The van der Waals surface area contributed by atoms with Crippen LogP contribution in [-0.2, 0) is 13.5 Å². The van der Waals surface area contributed by atoms with Crippen molar-refractivity contribution in [3.8, 4) is 5.75 Å². The molecule has 0 amide bonds. The fourth-order valence-corrected chi connectivity index (χ4v) is 1.25. The van der Waals surface area contributed by atoms with E-state index in [4.69, 9.17) is 5.11 Å². The number of rotatable bonds is 2. The Morgan fingerprint density at radius 3 is 2.79 bits per heavy atom. The molecule has 0 atom stereocenters. The van der Waals surface area contributed by atoms with Gasteiger partial charge in [0.05, 0.1) is 6.20 Å². The molecule has 0 radical (unpaired) electrons. The summed E-state index contributed by atoms with van der Waals surface area (Å²) in [7, 11) is 1.95. The minimum absolute atomic E-state index is 0.189. The normalized spacial score (nSPS) is 10.4. The van der Waals surface area contributed by atoms with E-state index in [9.17, 15) is 0 Å². The van der Waals surface area contributed by atoms with Crippen LogP contribution < -0.4 is 0 Å². The van der Waals surface area contributed by atoms with E-state index in [0.29, 0.717) is 6.42 Å². The van der Waals surface area contributed by atoms with Crippen molar-refractivity contribution in [1.29, 1.82) is 0 Å². The fraction of sp³-hybridized carbons (Fsp3) is 0.200. The van der Waals surface area contributed by atoms with Crippen molar-refractivity contribution >= 4 is 0 Å². The van der Waals surface area contributed by atoms with Crippen molar-refractivity contribution in [3.63, 3.8) is 0 Å². The summed E-state index contributed by atoms with van der Waals surface area (Å²) >= 11 is 0.